The quantitative estimate of drug-likeness (QED) is 0.813. The number of ether oxygens (including phenoxy) is 1. The molecular formula is C14H13ClN2O2. The topological polar surface area (TPSA) is 51.2 Å². The largest absolute Gasteiger partial charge is 0.353 e. The van der Waals surface area contributed by atoms with Crippen LogP contribution in [0.5, 0.6) is 0 Å². The minimum Gasteiger partial charge on any atom is -0.353 e. The predicted octanol–water partition coefficient (Wildman–Crippen LogP) is 3.09. The minimum atomic E-state index is -0.652. The Morgan fingerprint density at radius 1 is 1.42 bits per heavy atom. The molecule has 0 fully saturated rings. The van der Waals surface area contributed by atoms with Gasteiger partial charge in [-0.1, -0.05) is 11.6 Å². The number of anilines is 1. The van der Waals surface area contributed by atoms with Crippen LogP contribution in [-0.4, -0.2) is 17.5 Å². The van der Waals surface area contributed by atoms with Crippen LogP contribution in [-0.2, 0) is 15.1 Å². The fourth-order valence-corrected chi connectivity index (χ4v) is 2.51. The number of aldehydes is 1. The van der Waals surface area contributed by atoms with Crippen LogP contribution in [0.1, 0.15) is 19.5 Å². The van der Waals surface area contributed by atoms with Gasteiger partial charge in [0.05, 0.1) is 16.9 Å². The Hall–Kier alpha value is -1.65. The van der Waals surface area contributed by atoms with Crippen molar-refractivity contribution in [1.29, 1.82) is 0 Å². The van der Waals surface area contributed by atoms with Crippen LogP contribution in [0.3, 0.4) is 0 Å². The number of carbonyl (C=O) groups excluding carboxylic acids is 1. The summed E-state index contributed by atoms with van der Waals surface area (Å²) in [5, 5.41) is 4.61. The molecule has 5 heteroatoms. The van der Waals surface area contributed by atoms with Gasteiger partial charge in [0.2, 0.25) is 0 Å². The van der Waals surface area contributed by atoms with Crippen molar-refractivity contribution in [2.75, 3.05) is 5.32 Å². The van der Waals surface area contributed by atoms with E-state index in [-0.39, 0.29) is 0 Å². The first-order valence-corrected chi connectivity index (χ1v) is 6.38. The normalized spacial score (nSPS) is 20.7. The van der Waals surface area contributed by atoms with Gasteiger partial charge in [-0.15, -0.1) is 0 Å². The maximum atomic E-state index is 10.9. The molecule has 0 aliphatic carbocycles. The molecule has 1 atom stereocenters. The van der Waals surface area contributed by atoms with Gasteiger partial charge in [-0.2, -0.15) is 0 Å². The number of carbonyl (C=O) groups is 1. The zero-order chi connectivity index (χ0) is 13.6. The van der Waals surface area contributed by atoms with Crippen molar-refractivity contribution in [3.8, 4) is 0 Å². The monoisotopic (exact) mass is 276 g/mol. The van der Waals surface area contributed by atoms with Crippen molar-refractivity contribution in [3.05, 3.63) is 35.0 Å². The molecule has 19 heavy (non-hydrogen) atoms. The lowest BCUT2D eigenvalue weighted by Crippen LogP contribution is -2.40. The van der Waals surface area contributed by atoms with Crippen molar-refractivity contribution in [2.24, 2.45) is 0 Å². The van der Waals surface area contributed by atoms with Crippen LogP contribution >= 0.6 is 11.6 Å². The van der Waals surface area contributed by atoms with Gasteiger partial charge in [0.1, 0.15) is 5.60 Å². The molecule has 2 heterocycles. The molecule has 4 nitrogen and oxygen atoms in total. The number of halogens is 1. The van der Waals surface area contributed by atoms with E-state index in [2.05, 4.69) is 10.3 Å². The summed E-state index contributed by atoms with van der Waals surface area (Å²) in [4.78, 5) is 15.6. The summed E-state index contributed by atoms with van der Waals surface area (Å²) in [6.07, 6.45) is 0.0910. The molecule has 0 saturated carbocycles. The average Bonchev–Trinajstić information content (AvgIpc) is 2.36. The van der Waals surface area contributed by atoms with Crippen molar-refractivity contribution >= 4 is 34.5 Å². The molecule has 1 aromatic heterocycles. The van der Waals surface area contributed by atoms with Crippen LogP contribution in [0.2, 0.25) is 5.02 Å². The molecule has 0 spiro atoms. The van der Waals surface area contributed by atoms with Crippen LogP contribution in [0, 0.1) is 0 Å². The lowest BCUT2D eigenvalue weighted by molar-refractivity contribution is -0.129. The highest BCUT2D eigenvalue weighted by atomic mass is 35.5. The number of nitrogens with zero attached hydrogens (tertiary/aromatic N) is 1. The first-order valence-electron chi connectivity index (χ1n) is 6.00. The summed E-state index contributed by atoms with van der Waals surface area (Å²) in [7, 11) is 0. The highest BCUT2D eigenvalue weighted by Crippen LogP contribution is 2.37. The van der Waals surface area contributed by atoms with Gasteiger partial charge in [0, 0.05) is 10.4 Å². The molecule has 0 amide bonds. The highest BCUT2D eigenvalue weighted by Gasteiger charge is 2.35. The third-order valence-corrected chi connectivity index (χ3v) is 3.43. The lowest BCUT2D eigenvalue weighted by Gasteiger charge is -2.35. The maximum absolute atomic E-state index is 10.9. The molecule has 3 rings (SSSR count). The summed E-state index contributed by atoms with van der Waals surface area (Å²) in [5.41, 5.74) is 1.84. The first kappa shape index (κ1) is 12.4. The van der Waals surface area contributed by atoms with E-state index in [0.717, 1.165) is 28.6 Å². The number of nitrogens with one attached hydrogen (secondary N) is 1. The van der Waals surface area contributed by atoms with E-state index < -0.39 is 11.8 Å². The second kappa shape index (κ2) is 4.18. The van der Waals surface area contributed by atoms with Gasteiger partial charge in [-0.3, -0.25) is 4.79 Å². The number of pyridine rings is 1. The van der Waals surface area contributed by atoms with E-state index >= 15 is 0 Å². The van der Waals surface area contributed by atoms with Crippen LogP contribution in [0.25, 0.3) is 10.9 Å². The van der Waals surface area contributed by atoms with Gasteiger partial charge in [-0.05, 0) is 38.1 Å². The molecule has 2 aromatic rings. The van der Waals surface area contributed by atoms with Gasteiger partial charge in [-0.25, -0.2) is 4.98 Å². The fourth-order valence-electron chi connectivity index (χ4n) is 2.33. The zero-order valence-corrected chi connectivity index (χ0v) is 11.4. The molecule has 1 aliphatic heterocycles. The third-order valence-electron chi connectivity index (χ3n) is 3.19. The molecule has 0 bridgehead atoms. The molecule has 0 saturated heterocycles. The van der Waals surface area contributed by atoms with Gasteiger partial charge < -0.3 is 10.1 Å². The van der Waals surface area contributed by atoms with Gasteiger partial charge >= 0.3 is 0 Å². The molecule has 1 aromatic carbocycles. The molecule has 1 unspecified atom stereocenters. The van der Waals surface area contributed by atoms with E-state index in [1.165, 1.54) is 0 Å². The second-order valence-corrected chi connectivity index (χ2v) is 5.49. The molecule has 98 valence electrons. The SMILES string of the molecule is CC1(C)OC(C=O)Nc2cc3cc(Cl)ccc3nc21. The van der Waals surface area contributed by atoms with E-state index in [1.54, 1.807) is 0 Å². The summed E-state index contributed by atoms with van der Waals surface area (Å²) in [5.74, 6) is 0. The second-order valence-electron chi connectivity index (χ2n) is 5.05. The predicted molar refractivity (Wildman–Crippen MR) is 74.3 cm³/mol. The Balaban J connectivity index is 2.23. The Bertz CT molecular complexity index is 670. The molecule has 1 N–H and O–H groups in total. The first-order chi connectivity index (χ1) is 8.99. The number of hydrogen-bond donors (Lipinski definition) is 1. The van der Waals surface area contributed by atoms with Gasteiger partial charge in [0.15, 0.2) is 12.5 Å². The minimum absolute atomic E-state index is 0.611. The smallest absolute Gasteiger partial charge is 0.185 e. The zero-order valence-electron chi connectivity index (χ0n) is 10.6. The number of aromatic nitrogens is 1. The summed E-state index contributed by atoms with van der Waals surface area (Å²) in [6, 6.07) is 7.48. The van der Waals surface area contributed by atoms with Gasteiger partial charge in [0.25, 0.3) is 0 Å². The lowest BCUT2D eigenvalue weighted by atomic mass is 9.99. The van der Waals surface area contributed by atoms with E-state index in [4.69, 9.17) is 16.3 Å². The Labute approximate surface area is 115 Å². The number of rotatable bonds is 1. The average molecular weight is 277 g/mol. The maximum Gasteiger partial charge on any atom is 0.185 e. The Kier molecular flexibility index (Phi) is 2.73. The standard InChI is InChI=1S/C14H13ClN2O2/c1-14(2)13-11(16-12(7-18)19-14)6-8-5-9(15)3-4-10(8)17-13/h3-7,12,16H,1-2H3. The van der Waals surface area contributed by atoms with Crippen molar-refractivity contribution in [1.82, 2.24) is 4.98 Å². The van der Waals surface area contributed by atoms with Crippen molar-refractivity contribution in [2.45, 2.75) is 25.7 Å². The van der Waals surface area contributed by atoms with Crippen LogP contribution in [0.15, 0.2) is 24.3 Å². The molecular weight excluding hydrogens is 264 g/mol. The van der Waals surface area contributed by atoms with E-state index in [1.807, 2.05) is 38.1 Å². The van der Waals surface area contributed by atoms with Crippen LogP contribution < -0.4 is 5.32 Å². The van der Waals surface area contributed by atoms with Crippen molar-refractivity contribution < 1.29 is 9.53 Å². The van der Waals surface area contributed by atoms with Crippen LogP contribution in [0.4, 0.5) is 5.69 Å². The number of fused-ring (bicyclic) bond motifs is 2. The van der Waals surface area contributed by atoms with E-state index in [0.29, 0.717) is 5.02 Å². The molecule has 0 radical (unpaired) electrons. The third kappa shape index (κ3) is 2.07. The summed E-state index contributed by atoms with van der Waals surface area (Å²) >= 11 is 5.98. The Morgan fingerprint density at radius 3 is 2.95 bits per heavy atom. The number of benzene rings is 1. The molecule has 1 aliphatic rings. The summed E-state index contributed by atoms with van der Waals surface area (Å²) in [6.45, 7) is 3.80. The number of hydrogen-bond acceptors (Lipinski definition) is 4. The Morgan fingerprint density at radius 2 is 2.21 bits per heavy atom. The fraction of sp³-hybridized carbons (Fsp3) is 0.286. The summed E-state index contributed by atoms with van der Waals surface area (Å²) < 4.78 is 5.65. The highest BCUT2D eigenvalue weighted by molar-refractivity contribution is 6.31. The van der Waals surface area contributed by atoms with E-state index in [9.17, 15) is 4.79 Å². The van der Waals surface area contributed by atoms with Crippen molar-refractivity contribution in [3.63, 3.8) is 0 Å².